The molecule has 0 fully saturated rings. The van der Waals surface area contributed by atoms with Crippen LogP contribution in [0.1, 0.15) is 11.3 Å². The lowest BCUT2D eigenvalue weighted by molar-refractivity contribution is 0.356. The van der Waals surface area contributed by atoms with E-state index in [9.17, 15) is 0 Å². The molecular weight excluding hydrogens is 389 g/mol. The first-order chi connectivity index (χ1) is 10.7. The average molecular weight is 405 g/mol. The van der Waals surface area contributed by atoms with E-state index in [0.29, 0.717) is 0 Å². The summed E-state index contributed by atoms with van der Waals surface area (Å²) < 4.78 is 11.7. The molecule has 0 aliphatic heterocycles. The van der Waals surface area contributed by atoms with Crippen LogP contribution >= 0.6 is 22.6 Å². The van der Waals surface area contributed by atoms with Crippen molar-refractivity contribution < 1.29 is 9.47 Å². The van der Waals surface area contributed by atoms with Crippen LogP contribution in [0.25, 0.3) is 10.8 Å². The first kappa shape index (κ1) is 15.1. The summed E-state index contributed by atoms with van der Waals surface area (Å²) in [4.78, 5) is 4.72. The second kappa shape index (κ2) is 6.52. The highest BCUT2D eigenvalue weighted by Gasteiger charge is 2.10. The normalized spacial score (nSPS) is 10.7. The Morgan fingerprint density at radius 2 is 1.64 bits per heavy atom. The Bertz CT molecular complexity index is 803. The lowest BCUT2D eigenvalue weighted by Gasteiger charge is -2.11. The quantitative estimate of drug-likeness (QED) is 0.475. The fourth-order valence-corrected chi connectivity index (χ4v) is 3.26. The number of ether oxygens (including phenoxy) is 2. The van der Waals surface area contributed by atoms with E-state index in [4.69, 9.17) is 14.5 Å². The van der Waals surface area contributed by atoms with Crippen LogP contribution in [-0.4, -0.2) is 19.2 Å². The van der Waals surface area contributed by atoms with Gasteiger partial charge >= 0.3 is 0 Å². The summed E-state index contributed by atoms with van der Waals surface area (Å²) >= 11 is 2.28. The summed E-state index contributed by atoms with van der Waals surface area (Å²) in [7, 11) is 3.30. The molecule has 1 heterocycles. The molecule has 0 spiro atoms. The van der Waals surface area contributed by atoms with E-state index < -0.39 is 0 Å². The number of halogens is 1. The number of rotatable bonds is 4. The Balaban J connectivity index is 2.07. The maximum absolute atomic E-state index is 5.39. The fourth-order valence-electron chi connectivity index (χ4n) is 2.49. The van der Waals surface area contributed by atoms with Gasteiger partial charge in [-0.3, -0.25) is 0 Å². The lowest BCUT2D eigenvalue weighted by Crippen LogP contribution is -1.97. The number of hydrogen-bond acceptors (Lipinski definition) is 3. The number of hydrogen-bond donors (Lipinski definition) is 0. The van der Waals surface area contributed by atoms with Gasteiger partial charge < -0.3 is 9.47 Å². The molecule has 4 heteroatoms. The van der Waals surface area contributed by atoms with E-state index >= 15 is 0 Å². The minimum absolute atomic E-state index is 0.727. The second-order valence-corrected chi connectivity index (χ2v) is 6.02. The van der Waals surface area contributed by atoms with Crippen LogP contribution < -0.4 is 9.47 Å². The second-order valence-electron chi connectivity index (χ2n) is 5.00. The summed E-state index contributed by atoms with van der Waals surface area (Å²) in [5.41, 5.74) is 2.31. The van der Waals surface area contributed by atoms with Crippen LogP contribution in [0.5, 0.6) is 11.5 Å². The van der Waals surface area contributed by atoms with Gasteiger partial charge in [-0.15, -0.1) is 0 Å². The number of nitrogens with zero attached hydrogens (tertiary/aromatic N) is 1. The molecule has 0 atom stereocenters. The molecule has 0 saturated heterocycles. The van der Waals surface area contributed by atoms with Crippen LogP contribution in [0.15, 0.2) is 48.5 Å². The highest BCUT2D eigenvalue weighted by molar-refractivity contribution is 14.1. The van der Waals surface area contributed by atoms with Crippen LogP contribution in [-0.2, 0) is 6.42 Å². The van der Waals surface area contributed by atoms with Crippen LogP contribution in [0.4, 0.5) is 0 Å². The molecule has 0 bridgehead atoms. The Hall–Kier alpha value is -1.82. The molecule has 3 aromatic rings. The number of methoxy groups -OCH3 is 2. The smallest absolute Gasteiger partial charge is 0.161 e. The van der Waals surface area contributed by atoms with Crippen molar-refractivity contribution in [3.05, 3.63) is 63.5 Å². The van der Waals surface area contributed by atoms with E-state index in [1.165, 1.54) is 5.56 Å². The van der Waals surface area contributed by atoms with Crippen molar-refractivity contribution in [1.29, 1.82) is 0 Å². The zero-order valence-electron chi connectivity index (χ0n) is 12.5. The van der Waals surface area contributed by atoms with Gasteiger partial charge in [-0.2, -0.15) is 0 Å². The molecule has 3 nitrogen and oxygen atoms in total. The van der Waals surface area contributed by atoms with Crippen LogP contribution in [0, 0.1) is 3.70 Å². The van der Waals surface area contributed by atoms with Crippen LogP contribution in [0.3, 0.4) is 0 Å². The molecule has 0 N–H and O–H groups in total. The van der Waals surface area contributed by atoms with Gasteiger partial charge in [0, 0.05) is 17.5 Å². The largest absolute Gasteiger partial charge is 0.493 e. The van der Waals surface area contributed by atoms with E-state index in [-0.39, 0.29) is 0 Å². The van der Waals surface area contributed by atoms with E-state index in [2.05, 4.69) is 52.9 Å². The molecule has 22 heavy (non-hydrogen) atoms. The highest BCUT2D eigenvalue weighted by atomic mass is 127. The lowest BCUT2D eigenvalue weighted by atomic mass is 10.1. The van der Waals surface area contributed by atoms with Gasteiger partial charge in [-0.1, -0.05) is 30.3 Å². The third kappa shape index (κ3) is 3.02. The molecule has 112 valence electrons. The Labute approximate surface area is 143 Å². The van der Waals surface area contributed by atoms with Crippen molar-refractivity contribution in [2.24, 2.45) is 0 Å². The number of aromatic nitrogens is 1. The highest BCUT2D eigenvalue weighted by Crippen LogP contribution is 2.34. The minimum Gasteiger partial charge on any atom is -0.493 e. The van der Waals surface area contributed by atoms with Gasteiger partial charge in [0.2, 0.25) is 0 Å². The third-order valence-electron chi connectivity index (χ3n) is 3.57. The number of fused-ring (bicyclic) bond motifs is 1. The average Bonchev–Trinajstić information content (AvgIpc) is 2.54. The third-order valence-corrected chi connectivity index (χ3v) is 4.39. The maximum atomic E-state index is 5.39. The van der Waals surface area contributed by atoms with Gasteiger partial charge in [0.1, 0.15) is 3.70 Å². The first-order valence-electron chi connectivity index (χ1n) is 6.96. The fraction of sp³-hybridized carbons (Fsp3) is 0.167. The zero-order chi connectivity index (χ0) is 15.5. The molecular formula is C18H16INO2. The Morgan fingerprint density at radius 3 is 2.32 bits per heavy atom. The molecule has 0 saturated carbocycles. The molecule has 0 unspecified atom stereocenters. The van der Waals surface area contributed by atoms with Gasteiger partial charge in [0.05, 0.1) is 14.2 Å². The van der Waals surface area contributed by atoms with Crippen molar-refractivity contribution in [2.45, 2.75) is 6.42 Å². The van der Waals surface area contributed by atoms with Gasteiger partial charge in [0.15, 0.2) is 11.5 Å². The van der Waals surface area contributed by atoms with E-state index in [1.807, 2.05) is 18.2 Å². The Morgan fingerprint density at radius 1 is 0.955 bits per heavy atom. The molecule has 1 aromatic heterocycles. The van der Waals surface area contributed by atoms with Crippen molar-refractivity contribution in [3.63, 3.8) is 0 Å². The molecule has 3 rings (SSSR count). The maximum Gasteiger partial charge on any atom is 0.161 e. The first-order valence-corrected chi connectivity index (χ1v) is 8.04. The molecule has 0 amide bonds. The monoisotopic (exact) mass is 405 g/mol. The number of benzene rings is 2. The summed E-state index contributed by atoms with van der Waals surface area (Å²) in [6.07, 6.45) is 0.821. The molecule has 0 radical (unpaired) electrons. The molecule has 2 aromatic carbocycles. The standard InChI is InChI=1S/C18H16INO2/c1-21-16-10-13-9-14(8-12-6-4-3-5-7-12)20-18(19)15(13)11-17(16)22-2/h3-7,9-11H,8H2,1-2H3. The summed E-state index contributed by atoms with van der Waals surface area (Å²) in [6.45, 7) is 0. The zero-order valence-corrected chi connectivity index (χ0v) is 14.6. The topological polar surface area (TPSA) is 31.4 Å². The SMILES string of the molecule is COc1cc2cc(Cc3ccccc3)nc(I)c2cc1OC. The molecule has 0 aliphatic rings. The minimum atomic E-state index is 0.727. The summed E-state index contributed by atoms with van der Waals surface area (Å²) in [5.74, 6) is 1.47. The summed E-state index contributed by atoms with van der Waals surface area (Å²) in [5, 5.41) is 2.19. The van der Waals surface area contributed by atoms with Crippen molar-refractivity contribution in [2.75, 3.05) is 14.2 Å². The molecule has 0 aliphatic carbocycles. The summed E-state index contributed by atoms with van der Waals surface area (Å²) in [6, 6.07) is 16.5. The predicted octanol–water partition coefficient (Wildman–Crippen LogP) is 4.45. The van der Waals surface area contributed by atoms with Gasteiger partial charge in [-0.05, 0) is 51.7 Å². The van der Waals surface area contributed by atoms with E-state index in [0.717, 1.165) is 38.1 Å². The number of pyridine rings is 1. The van der Waals surface area contributed by atoms with E-state index in [1.54, 1.807) is 14.2 Å². The van der Waals surface area contributed by atoms with Gasteiger partial charge in [-0.25, -0.2) is 4.98 Å². The van der Waals surface area contributed by atoms with Crippen molar-refractivity contribution in [1.82, 2.24) is 4.98 Å². The van der Waals surface area contributed by atoms with Crippen molar-refractivity contribution in [3.8, 4) is 11.5 Å². The van der Waals surface area contributed by atoms with Crippen LogP contribution in [0.2, 0.25) is 0 Å². The Kier molecular flexibility index (Phi) is 4.47. The van der Waals surface area contributed by atoms with Crippen molar-refractivity contribution >= 4 is 33.4 Å². The predicted molar refractivity (Wildman–Crippen MR) is 96.8 cm³/mol. The van der Waals surface area contributed by atoms with Gasteiger partial charge in [0.25, 0.3) is 0 Å².